The molecule has 0 amide bonds. The molecule has 1 aromatic heterocycles. The van der Waals surface area contributed by atoms with E-state index in [1.54, 1.807) is 0 Å². The highest BCUT2D eigenvalue weighted by atomic mass is 32.1. The van der Waals surface area contributed by atoms with Crippen LogP contribution in [0.25, 0.3) is 0 Å². The number of aromatic nitrogens is 1. The topological polar surface area (TPSA) is 54.0 Å². The van der Waals surface area contributed by atoms with E-state index >= 15 is 0 Å². The zero-order valence-electron chi connectivity index (χ0n) is 19.5. The fourth-order valence-corrected chi connectivity index (χ4v) is 4.79. The molecule has 0 unspecified atom stereocenters. The lowest BCUT2D eigenvalue weighted by Crippen LogP contribution is -2.46. The fraction of sp³-hybridized carbons (Fsp3) is 0.321. The molecule has 0 saturated heterocycles. The van der Waals surface area contributed by atoms with Crippen molar-refractivity contribution in [3.05, 3.63) is 95.3 Å². The quantitative estimate of drug-likeness (QED) is 0.345. The van der Waals surface area contributed by atoms with Gasteiger partial charge >= 0.3 is 0 Å². The Labute approximate surface area is 201 Å². The predicted molar refractivity (Wildman–Crippen MR) is 139 cm³/mol. The summed E-state index contributed by atoms with van der Waals surface area (Å²) in [5, 5.41) is 7.35. The lowest BCUT2D eigenvalue weighted by Gasteiger charge is -2.31. The molecule has 170 valence electrons. The summed E-state index contributed by atoms with van der Waals surface area (Å²) < 4.78 is 0. The highest BCUT2D eigenvalue weighted by molar-refractivity contribution is 7.80. The average molecular weight is 458 g/mol. The van der Waals surface area contributed by atoms with Crippen LogP contribution in [0.3, 0.4) is 0 Å². The van der Waals surface area contributed by atoms with Crippen LogP contribution >= 0.6 is 12.2 Å². The second-order valence-corrected chi connectivity index (χ2v) is 10.2. The average Bonchev–Trinajstić information content (AvgIpc) is 3.28. The first-order valence-electron chi connectivity index (χ1n) is 11.5. The monoisotopic (exact) mass is 457 g/mol. The zero-order chi connectivity index (χ0) is 23.5. The molecule has 0 aliphatic heterocycles. The van der Waals surface area contributed by atoms with Crippen molar-refractivity contribution in [2.45, 2.75) is 57.4 Å². The number of hydrogen-bond acceptors (Lipinski definition) is 3. The fourth-order valence-electron chi connectivity index (χ4n) is 4.48. The Morgan fingerprint density at radius 3 is 2.30 bits per heavy atom. The van der Waals surface area contributed by atoms with Gasteiger partial charge in [-0.1, -0.05) is 76.1 Å². The molecule has 1 aliphatic carbocycles. The van der Waals surface area contributed by atoms with E-state index in [1.807, 2.05) is 66.9 Å². The molecular formula is C28H31N3OS. The van der Waals surface area contributed by atoms with Crippen LogP contribution in [0.1, 0.15) is 73.6 Å². The SMILES string of the molecule is CC(C)(C)c1ccc(C(=O)c2cccc(NC(=S)NC3(c4ccccn4)CCCC3)c2)cc1. The number of carbonyl (C=O) groups excluding carboxylic acids is 1. The third kappa shape index (κ3) is 5.31. The first kappa shape index (κ1) is 23.1. The van der Waals surface area contributed by atoms with Gasteiger partial charge in [0, 0.05) is 23.0 Å². The summed E-state index contributed by atoms with van der Waals surface area (Å²) in [4.78, 5) is 17.7. The molecule has 5 heteroatoms. The number of thiocarbonyl (C=S) groups is 1. The van der Waals surface area contributed by atoms with Gasteiger partial charge in [-0.3, -0.25) is 9.78 Å². The number of carbonyl (C=O) groups is 1. The van der Waals surface area contributed by atoms with Crippen LogP contribution in [0, 0.1) is 0 Å². The number of ketones is 1. The van der Waals surface area contributed by atoms with Crippen molar-refractivity contribution in [2.24, 2.45) is 0 Å². The van der Waals surface area contributed by atoms with E-state index in [0.29, 0.717) is 16.2 Å². The molecule has 1 fully saturated rings. The molecular weight excluding hydrogens is 426 g/mol. The Kier molecular flexibility index (Phi) is 6.61. The lowest BCUT2D eigenvalue weighted by molar-refractivity contribution is 0.103. The van der Waals surface area contributed by atoms with Gasteiger partial charge in [0.25, 0.3) is 0 Å². The Balaban J connectivity index is 1.48. The van der Waals surface area contributed by atoms with Crippen molar-refractivity contribution < 1.29 is 4.79 Å². The minimum absolute atomic E-state index is 0.00117. The van der Waals surface area contributed by atoms with Crippen LogP contribution < -0.4 is 10.6 Å². The minimum atomic E-state index is -0.242. The molecule has 2 aromatic carbocycles. The van der Waals surface area contributed by atoms with Crippen molar-refractivity contribution in [1.29, 1.82) is 0 Å². The van der Waals surface area contributed by atoms with Gasteiger partial charge < -0.3 is 10.6 Å². The van der Waals surface area contributed by atoms with Crippen molar-refractivity contribution in [1.82, 2.24) is 10.3 Å². The Morgan fingerprint density at radius 2 is 1.67 bits per heavy atom. The van der Waals surface area contributed by atoms with Crippen LogP contribution in [0.5, 0.6) is 0 Å². The maximum atomic E-state index is 13.1. The van der Waals surface area contributed by atoms with Crippen LogP contribution in [-0.4, -0.2) is 15.9 Å². The van der Waals surface area contributed by atoms with Gasteiger partial charge in [0.05, 0.1) is 11.2 Å². The highest BCUT2D eigenvalue weighted by Crippen LogP contribution is 2.37. The molecule has 0 spiro atoms. The molecule has 33 heavy (non-hydrogen) atoms. The molecule has 1 aliphatic rings. The normalized spacial score (nSPS) is 15.1. The number of nitrogens with zero attached hydrogens (tertiary/aromatic N) is 1. The maximum absolute atomic E-state index is 13.1. The second-order valence-electron chi connectivity index (χ2n) is 9.82. The van der Waals surface area contributed by atoms with E-state index in [9.17, 15) is 4.79 Å². The number of benzene rings is 2. The number of nitrogens with one attached hydrogen (secondary N) is 2. The smallest absolute Gasteiger partial charge is 0.193 e. The van der Waals surface area contributed by atoms with Crippen molar-refractivity contribution in [3.63, 3.8) is 0 Å². The summed E-state index contributed by atoms with van der Waals surface area (Å²) in [6.45, 7) is 6.50. The Morgan fingerprint density at radius 1 is 0.939 bits per heavy atom. The van der Waals surface area contributed by atoms with Crippen LogP contribution in [-0.2, 0) is 11.0 Å². The van der Waals surface area contributed by atoms with Gasteiger partial charge in [-0.25, -0.2) is 0 Å². The number of hydrogen-bond donors (Lipinski definition) is 2. The second kappa shape index (κ2) is 9.44. The third-order valence-corrected chi connectivity index (χ3v) is 6.56. The largest absolute Gasteiger partial charge is 0.351 e. The van der Waals surface area contributed by atoms with E-state index in [2.05, 4.69) is 42.5 Å². The maximum Gasteiger partial charge on any atom is 0.193 e. The van der Waals surface area contributed by atoms with E-state index in [1.165, 1.54) is 5.56 Å². The third-order valence-electron chi connectivity index (χ3n) is 6.36. The van der Waals surface area contributed by atoms with Crippen LogP contribution in [0.2, 0.25) is 0 Å². The van der Waals surface area contributed by atoms with E-state index in [4.69, 9.17) is 12.2 Å². The Hall–Kier alpha value is -3.05. The lowest BCUT2D eigenvalue weighted by atomic mass is 9.86. The van der Waals surface area contributed by atoms with Gasteiger partial charge in [-0.05, 0) is 60.3 Å². The summed E-state index contributed by atoms with van der Waals surface area (Å²) in [5.41, 5.74) is 4.15. The molecule has 1 heterocycles. The van der Waals surface area contributed by atoms with Crippen LogP contribution in [0.4, 0.5) is 5.69 Å². The summed E-state index contributed by atoms with van der Waals surface area (Å²) in [5.74, 6) is -0.00117. The predicted octanol–water partition coefficient (Wildman–Crippen LogP) is 6.37. The first-order chi connectivity index (χ1) is 15.8. The van der Waals surface area contributed by atoms with Crippen molar-refractivity contribution in [3.8, 4) is 0 Å². The zero-order valence-corrected chi connectivity index (χ0v) is 20.3. The number of pyridine rings is 1. The highest BCUT2D eigenvalue weighted by Gasteiger charge is 2.37. The molecule has 3 aromatic rings. The van der Waals surface area contributed by atoms with Gasteiger partial charge in [0.1, 0.15) is 0 Å². The first-order valence-corrected chi connectivity index (χ1v) is 11.9. The number of anilines is 1. The van der Waals surface area contributed by atoms with E-state index in [-0.39, 0.29) is 16.7 Å². The molecule has 4 rings (SSSR count). The number of rotatable bonds is 5. The standard InChI is InChI=1S/C28H31N3OS/c1-27(2,3)22-14-12-20(13-15-22)25(32)21-9-8-10-23(19-21)30-26(33)31-28(16-5-6-17-28)24-11-4-7-18-29-24/h4,7-15,18-19H,5-6,16-17H2,1-3H3,(H2,30,31,33). The minimum Gasteiger partial charge on any atom is -0.351 e. The van der Waals surface area contributed by atoms with Gasteiger partial charge in [0.2, 0.25) is 0 Å². The van der Waals surface area contributed by atoms with E-state index < -0.39 is 0 Å². The molecule has 4 nitrogen and oxygen atoms in total. The molecule has 2 N–H and O–H groups in total. The van der Waals surface area contributed by atoms with Gasteiger partial charge in [-0.2, -0.15) is 0 Å². The summed E-state index contributed by atoms with van der Waals surface area (Å²) in [6, 6.07) is 21.4. The molecule has 0 bridgehead atoms. The van der Waals surface area contributed by atoms with Gasteiger partial charge in [0.15, 0.2) is 10.9 Å². The summed E-state index contributed by atoms with van der Waals surface area (Å²) >= 11 is 5.66. The van der Waals surface area contributed by atoms with Crippen LogP contribution in [0.15, 0.2) is 72.9 Å². The van der Waals surface area contributed by atoms with Crippen molar-refractivity contribution >= 4 is 28.8 Å². The van der Waals surface area contributed by atoms with Crippen molar-refractivity contribution in [2.75, 3.05) is 5.32 Å². The summed E-state index contributed by atoms with van der Waals surface area (Å²) in [6.07, 6.45) is 6.11. The Bertz CT molecular complexity index is 1130. The van der Waals surface area contributed by atoms with Gasteiger partial charge in [-0.15, -0.1) is 0 Å². The molecule has 0 atom stereocenters. The summed E-state index contributed by atoms with van der Waals surface area (Å²) in [7, 11) is 0. The molecule has 1 saturated carbocycles. The van der Waals surface area contributed by atoms with E-state index in [0.717, 1.165) is 37.1 Å². The molecule has 0 radical (unpaired) electrons.